The molecule has 0 radical (unpaired) electrons. The van der Waals surface area contributed by atoms with Crippen LogP contribution in [0, 0.1) is 20.8 Å². The summed E-state index contributed by atoms with van der Waals surface area (Å²) in [6, 6.07) is 11.3. The Bertz CT molecular complexity index is 1020. The minimum Gasteiger partial charge on any atom is -0.366 e. The van der Waals surface area contributed by atoms with Crippen molar-refractivity contribution in [3.05, 3.63) is 69.4 Å². The standard InChI is InChI=1S/C23H23ClN2O2/c1-14-9-10-17(15(2)13-14)20-21(25-11-4-5-12-25)23(28)26(22(20)27)19-8-6-7-18(24)16(19)3/h6-10,13H,4-5,11-12H2,1-3H3. The van der Waals surface area contributed by atoms with Crippen LogP contribution in [0.25, 0.3) is 5.57 Å². The van der Waals surface area contributed by atoms with Crippen molar-refractivity contribution in [3.8, 4) is 0 Å². The number of amides is 2. The van der Waals surface area contributed by atoms with Gasteiger partial charge in [-0.05, 0) is 62.4 Å². The van der Waals surface area contributed by atoms with Crippen molar-refractivity contribution in [3.63, 3.8) is 0 Å². The van der Waals surface area contributed by atoms with E-state index in [4.69, 9.17) is 11.6 Å². The molecule has 144 valence electrons. The predicted octanol–water partition coefficient (Wildman–Crippen LogP) is 4.65. The highest BCUT2D eigenvalue weighted by molar-refractivity contribution is 6.46. The van der Waals surface area contributed by atoms with Crippen LogP contribution in [0.15, 0.2) is 42.1 Å². The van der Waals surface area contributed by atoms with Crippen LogP contribution in [0.5, 0.6) is 0 Å². The van der Waals surface area contributed by atoms with Crippen LogP contribution in [0.2, 0.25) is 5.02 Å². The Kier molecular flexibility index (Phi) is 4.76. The van der Waals surface area contributed by atoms with Crippen molar-refractivity contribution < 1.29 is 9.59 Å². The molecule has 0 aromatic heterocycles. The van der Waals surface area contributed by atoms with E-state index in [1.165, 1.54) is 4.90 Å². The first-order valence-corrected chi connectivity index (χ1v) is 9.98. The molecule has 0 spiro atoms. The maximum Gasteiger partial charge on any atom is 0.282 e. The van der Waals surface area contributed by atoms with Gasteiger partial charge >= 0.3 is 0 Å². The first kappa shape index (κ1) is 18.8. The summed E-state index contributed by atoms with van der Waals surface area (Å²) >= 11 is 6.27. The second-order valence-electron chi connectivity index (χ2n) is 7.57. The van der Waals surface area contributed by atoms with E-state index in [0.717, 1.165) is 48.2 Å². The molecule has 28 heavy (non-hydrogen) atoms. The number of likely N-dealkylation sites (tertiary alicyclic amines) is 1. The average molecular weight is 395 g/mol. The first-order valence-electron chi connectivity index (χ1n) is 9.61. The summed E-state index contributed by atoms with van der Waals surface area (Å²) in [5.41, 5.74) is 5.26. The van der Waals surface area contributed by atoms with Crippen molar-refractivity contribution >= 4 is 34.7 Å². The van der Waals surface area contributed by atoms with Gasteiger partial charge in [-0.3, -0.25) is 9.59 Å². The van der Waals surface area contributed by atoms with Gasteiger partial charge in [0.15, 0.2) is 0 Å². The number of rotatable bonds is 3. The molecule has 4 nitrogen and oxygen atoms in total. The molecule has 0 saturated carbocycles. The predicted molar refractivity (Wildman–Crippen MR) is 112 cm³/mol. The van der Waals surface area contributed by atoms with Crippen molar-refractivity contribution in [2.45, 2.75) is 33.6 Å². The molecule has 2 amide bonds. The summed E-state index contributed by atoms with van der Waals surface area (Å²) in [7, 11) is 0. The van der Waals surface area contributed by atoms with Gasteiger partial charge < -0.3 is 4.90 Å². The summed E-state index contributed by atoms with van der Waals surface area (Å²) in [5.74, 6) is -0.531. The van der Waals surface area contributed by atoms with Crippen molar-refractivity contribution in [1.29, 1.82) is 0 Å². The second-order valence-corrected chi connectivity index (χ2v) is 7.97. The number of carbonyl (C=O) groups is 2. The minimum absolute atomic E-state index is 0.257. The Morgan fingerprint density at radius 1 is 0.929 bits per heavy atom. The van der Waals surface area contributed by atoms with Crippen LogP contribution < -0.4 is 4.90 Å². The van der Waals surface area contributed by atoms with Gasteiger partial charge in [-0.2, -0.15) is 0 Å². The van der Waals surface area contributed by atoms with Gasteiger partial charge in [0.25, 0.3) is 11.8 Å². The molecule has 1 saturated heterocycles. The zero-order valence-electron chi connectivity index (χ0n) is 16.4. The topological polar surface area (TPSA) is 40.6 Å². The van der Waals surface area contributed by atoms with Crippen LogP contribution in [0.4, 0.5) is 5.69 Å². The monoisotopic (exact) mass is 394 g/mol. The van der Waals surface area contributed by atoms with E-state index < -0.39 is 0 Å². The summed E-state index contributed by atoms with van der Waals surface area (Å²) in [6.45, 7) is 7.44. The van der Waals surface area contributed by atoms with E-state index in [-0.39, 0.29) is 11.8 Å². The fourth-order valence-electron chi connectivity index (χ4n) is 4.15. The molecule has 5 heteroatoms. The molecule has 2 aliphatic rings. The number of halogens is 1. The van der Waals surface area contributed by atoms with Crippen LogP contribution >= 0.6 is 11.6 Å². The number of benzene rings is 2. The van der Waals surface area contributed by atoms with Gasteiger partial charge in [-0.25, -0.2) is 4.90 Å². The summed E-state index contributed by atoms with van der Waals surface area (Å²) < 4.78 is 0. The summed E-state index contributed by atoms with van der Waals surface area (Å²) in [5, 5.41) is 0.542. The number of hydrogen-bond acceptors (Lipinski definition) is 3. The van der Waals surface area contributed by atoms with Crippen LogP contribution in [0.1, 0.15) is 35.1 Å². The van der Waals surface area contributed by atoms with E-state index >= 15 is 0 Å². The third kappa shape index (κ3) is 2.92. The fraction of sp³-hybridized carbons (Fsp3) is 0.304. The number of hydrogen-bond donors (Lipinski definition) is 0. The Balaban J connectivity index is 1.90. The number of nitrogens with zero attached hydrogens (tertiary/aromatic N) is 2. The van der Waals surface area contributed by atoms with Gasteiger partial charge in [0.05, 0.1) is 11.3 Å². The quantitative estimate of drug-likeness (QED) is 0.712. The first-order chi connectivity index (χ1) is 13.4. The third-order valence-electron chi connectivity index (χ3n) is 5.61. The molecule has 0 bridgehead atoms. The highest BCUT2D eigenvalue weighted by atomic mass is 35.5. The zero-order chi connectivity index (χ0) is 20.0. The molecule has 0 aliphatic carbocycles. The molecule has 4 rings (SSSR count). The van der Waals surface area contributed by atoms with Crippen LogP contribution in [-0.2, 0) is 9.59 Å². The molecule has 2 heterocycles. The molecular formula is C23H23ClN2O2. The largest absolute Gasteiger partial charge is 0.366 e. The van der Waals surface area contributed by atoms with Gasteiger partial charge in [-0.15, -0.1) is 0 Å². The lowest BCUT2D eigenvalue weighted by Gasteiger charge is -2.21. The zero-order valence-corrected chi connectivity index (χ0v) is 17.1. The normalized spacial score (nSPS) is 17.3. The summed E-state index contributed by atoms with van der Waals surface area (Å²) in [6.07, 6.45) is 2.06. The van der Waals surface area contributed by atoms with E-state index in [2.05, 4.69) is 11.0 Å². The number of carbonyl (C=O) groups excluding carboxylic acids is 2. The molecule has 0 unspecified atom stereocenters. The average Bonchev–Trinajstić information content (AvgIpc) is 3.25. The molecule has 1 fully saturated rings. The van der Waals surface area contributed by atoms with Gasteiger partial charge in [0.2, 0.25) is 0 Å². The molecule has 0 atom stereocenters. The highest BCUT2D eigenvalue weighted by Crippen LogP contribution is 2.39. The molecular weight excluding hydrogens is 372 g/mol. The maximum absolute atomic E-state index is 13.6. The molecule has 0 N–H and O–H groups in total. The van der Waals surface area contributed by atoms with E-state index in [1.807, 2.05) is 32.9 Å². The van der Waals surface area contributed by atoms with E-state index in [1.54, 1.807) is 18.2 Å². The number of aryl methyl sites for hydroxylation is 2. The molecule has 2 aromatic carbocycles. The van der Waals surface area contributed by atoms with Gasteiger partial charge in [-0.1, -0.05) is 41.4 Å². The van der Waals surface area contributed by atoms with Crippen molar-refractivity contribution in [2.75, 3.05) is 18.0 Å². The van der Waals surface area contributed by atoms with Gasteiger partial charge in [0.1, 0.15) is 5.70 Å². The molecule has 2 aliphatic heterocycles. The highest BCUT2D eigenvalue weighted by Gasteiger charge is 2.43. The third-order valence-corrected chi connectivity index (χ3v) is 6.02. The SMILES string of the molecule is Cc1ccc(C2=C(N3CCCC3)C(=O)N(c3cccc(Cl)c3C)C2=O)c(C)c1. The maximum atomic E-state index is 13.6. The van der Waals surface area contributed by atoms with E-state index in [0.29, 0.717) is 22.0 Å². The lowest BCUT2D eigenvalue weighted by atomic mass is 9.97. The smallest absolute Gasteiger partial charge is 0.282 e. The Morgan fingerprint density at radius 2 is 1.64 bits per heavy atom. The van der Waals surface area contributed by atoms with Gasteiger partial charge in [0, 0.05) is 18.1 Å². The van der Waals surface area contributed by atoms with E-state index in [9.17, 15) is 9.59 Å². The van der Waals surface area contributed by atoms with Crippen molar-refractivity contribution in [2.24, 2.45) is 0 Å². The number of anilines is 1. The fourth-order valence-corrected chi connectivity index (χ4v) is 4.32. The lowest BCUT2D eigenvalue weighted by molar-refractivity contribution is -0.120. The second kappa shape index (κ2) is 7.10. The number of imide groups is 1. The summed E-state index contributed by atoms with van der Waals surface area (Å²) in [4.78, 5) is 30.4. The van der Waals surface area contributed by atoms with Crippen LogP contribution in [-0.4, -0.2) is 29.8 Å². The molecule has 2 aromatic rings. The van der Waals surface area contributed by atoms with Crippen LogP contribution in [0.3, 0.4) is 0 Å². The Morgan fingerprint density at radius 3 is 2.32 bits per heavy atom. The Hall–Kier alpha value is -2.59. The van der Waals surface area contributed by atoms with Crippen molar-refractivity contribution in [1.82, 2.24) is 4.90 Å². The minimum atomic E-state index is -0.274. The Labute approximate surface area is 170 Å². The lowest BCUT2D eigenvalue weighted by Crippen LogP contribution is -2.35.